The van der Waals surface area contributed by atoms with E-state index in [0.29, 0.717) is 10.5 Å². The second kappa shape index (κ2) is 7.32. The van der Waals surface area contributed by atoms with E-state index in [-0.39, 0.29) is 18.0 Å². The Labute approximate surface area is 143 Å². The minimum atomic E-state index is -4.69. The van der Waals surface area contributed by atoms with E-state index in [1.165, 1.54) is 6.08 Å². The molecule has 2 N–H and O–H groups in total. The average molecular weight is 374 g/mol. The van der Waals surface area contributed by atoms with Gasteiger partial charge in [-0.2, -0.15) is 13.2 Å². The smallest absolute Gasteiger partial charge is 0.368 e. The number of aliphatic hydroxyl groups excluding tert-OH is 1. The van der Waals surface area contributed by atoms with E-state index in [2.05, 4.69) is 11.3 Å². The highest BCUT2D eigenvalue weighted by atomic mass is 32.2. The number of nitrogens with one attached hydrogen (secondary N) is 1. The minimum Gasteiger partial charge on any atom is -0.368 e. The van der Waals surface area contributed by atoms with Crippen molar-refractivity contribution >= 4 is 10.0 Å². The van der Waals surface area contributed by atoms with Gasteiger partial charge in [0.2, 0.25) is 10.0 Å². The second-order valence-electron chi connectivity index (χ2n) is 5.33. The summed E-state index contributed by atoms with van der Waals surface area (Å²) in [7, 11) is -3.90. The first-order chi connectivity index (χ1) is 11.6. The molecule has 0 amide bonds. The lowest BCUT2D eigenvalue weighted by atomic mass is 10.2. The van der Waals surface area contributed by atoms with Crippen LogP contribution in [-0.4, -0.2) is 37.4 Å². The predicted octanol–water partition coefficient (Wildman–Crippen LogP) is 2.26. The highest BCUT2D eigenvalue weighted by Gasteiger charge is 2.41. The van der Waals surface area contributed by atoms with Crippen LogP contribution in [0.3, 0.4) is 0 Å². The van der Waals surface area contributed by atoms with E-state index in [9.17, 15) is 26.7 Å². The van der Waals surface area contributed by atoms with Crippen molar-refractivity contribution in [3.05, 3.63) is 72.1 Å². The molecule has 1 atom stereocenters. The maximum absolute atomic E-state index is 13.0. The molecule has 1 aliphatic rings. The molecule has 1 unspecified atom stereocenters. The molecule has 1 aliphatic heterocycles. The summed E-state index contributed by atoms with van der Waals surface area (Å²) in [5.41, 5.74) is -0.827. The Morgan fingerprint density at radius 3 is 2.44 bits per heavy atom. The summed E-state index contributed by atoms with van der Waals surface area (Å²) in [6.45, 7) is 3.05. The summed E-state index contributed by atoms with van der Waals surface area (Å²) in [4.78, 5) is 0.618. The molecule has 0 radical (unpaired) electrons. The van der Waals surface area contributed by atoms with Crippen molar-refractivity contribution in [1.29, 1.82) is 0 Å². The quantitative estimate of drug-likeness (QED) is 0.750. The summed E-state index contributed by atoms with van der Waals surface area (Å²) in [6, 6.07) is 8.29. The third-order valence-electron chi connectivity index (χ3n) is 3.39. The second-order valence-corrected chi connectivity index (χ2v) is 7.06. The summed E-state index contributed by atoms with van der Waals surface area (Å²) >= 11 is 0. The molecule has 25 heavy (non-hydrogen) atoms. The van der Waals surface area contributed by atoms with Crippen LogP contribution in [0.25, 0.3) is 0 Å². The van der Waals surface area contributed by atoms with Gasteiger partial charge in [-0.1, -0.05) is 36.4 Å². The van der Waals surface area contributed by atoms with E-state index in [4.69, 9.17) is 0 Å². The topological polar surface area (TPSA) is 69.6 Å². The van der Waals surface area contributed by atoms with E-state index in [1.54, 1.807) is 30.3 Å². The molecular formula is C16H17F3N2O3S. The summed E-state index contributed by atoms with van der Waals surface area (Å²) < 4.78 is 65.6. The van der Waals surface area contributed by atoms with Crippen LogP contribution in [-0.2, 0) is 15.8 Å². The van der Waals surface area contributed by atoms with Crippen LogP contribution in [0.4, 0.5) is 13.2 Å². The van der Waals surface area contributed by atoms with Crippen LogP contribution in [0.2, 0.25) is 0 Å². The fourth-order valence-corrected chi connectivity index (χ4v) is 3.58. The van der Waals surface area contributed by atoms with E-state index in [1.807, 2.05) is 0 Å². The van der Waals surface area contributed by atoms with Crippen molar-refractivity contribution < 1.29 is 26.7 Å². The molecular weight excluding hydrogens is 357 g/mol. The number of hydrogen-bond acceptors (Lipinski definition) is 4. The first kappa shape index (κ1) is 19.1. The highest BCUT2D eigenvalue weighted by molar-refractivity contribution is 7.88. The van der Waals surface area contributed by atoms with E-state index < -0.39 is 28.1 Å². The zero-order chi connectivity index (χ0) is 18.7. The number of hydrogen-bond donors (Lipinski definition) is 2. The molecule has 0 aromatic heterocycles. The lowest BCUT2D eigenvalue weighted by Gasteiger charge is -2.35. The van der Waals surface area contributed by atoms with Gasteiger partial charge in [0, 0.05) is 6.54 Å². The van der Waals surface area contributed by atoms with Crippen molar-refractivity contribution in [2.45, 2.75) is 18.2 Å². The van der Waals surface area contributed by atoms with Gasteiger partial charge in [-0.05, 0) is 17.7 Å². The fourth-order valence-electron chi connectivity index (χ4n) is 2.34. The Hall–Kier alpha value is -2.26. The Kier molecular flexibility index (Phi) is 5.58. The van der Waals surface area contributed by atoms with Crippen molar-refractivity contribution in [3.8, 4) is 0 Å². The normalized spacial score (nSPS) is 18.4. The van der Waals surface area contributed by atoms with Gasteiger partial charge in [0.15, 0.2) is 6.23 Å². The fraction of sp³-hybridized carbons (Fsp3) is 0.250. The lowest BCUT2D eigenvalue weighted by molar-refractivity contribution is -0.124. The maximum Gasteiger partial charge on any atom is 0.431 e. The molecule has 9 heteroatoms. The number of sulfonamides is 1. The SMILES string of the molecule is C=CCN1C(C(F)(F)F)=CC=C(NS(=O)(=O)Cc2ccccc2)C1O. The van der Waals surface area contributed by atoms with Crippen LogP contribution in [0.15, 0.2) is 66.5 Å². The van der Waals surface area contributed by atoms with Crippen molar-refractivity contribution in [2.75, 3.05) is 6.54 Å². The lowest BCUT2D eigenvalue weighted by Crippen LogP contribution is -2.46. The van der Waals surface area contributed by atoms with E-state index in [0.717, 1.165) is 12.2 Å². The number of halogens is 3. The molecule has 0 fully saturated rings. The number of allylic oxidation sites excluding steroid dienone is 3. The third kappa shape index (κ3) is 4.86. The van der Waals surface area contributed by atoms with Crippen molar-refractivity contribution in [3.63, 3.8) is 0 Å². The van der Waals surface area contributed by atoms with Gasteiger partial charge in [-0.3, -0.25) is 4.72 Å². The molecule has 1 heterocycles. The van der Waals surface area contributed by atoms with Gasteiger partial charge in [0.05, 0.1) is 11.4 Å². The molecule has 136 valence electrons. The van der Waals surface area contributed by atoms with Crippen molar-refractivity contribution in [1.82, 2.24) is 9.62 Å². The molecule has 0 aliphatic carbocycles. The number of aliphatic hydroxyl groups is 1. The zero-order valence-corrected chi connectivity index (χ0v) is 13.9. The van der Waals surface area contributed by atoms with Gasteiger partial charge in [0.1, 0.15) is 5.70 Å². The molecule has 1 aromatic rings. The van der Waals surface area contributed by atoms with E-state index >= 15 is 0 Å². The van der Waals surface area contributed by atoms with Gasteiger partial charge < -0.3 is 10.0 Å². The average Bonchev–Trinajstić information content (AvgIpc) is 2.50. The number of rotatable bonds is 6. The Morgan fingerprint density at radius 1 is 1.24 bits per heavy atom. The number of benzene rings is 1. The first-order valence-corrected chi connectivity index (χ1v) is 8.88. The molecule has 0 saturated carbocycles. The predicted molar refractivity (Wildman–Crippen MR) is 87.3 cm³/mol. The van der Waals surface area contributed by atoms with Crippen LogP contribution in [0.1, 0.15) is 5.56 Å². The Balaban J connectivity index is 2.25. The van der Waals surface area contributed by atoms with Crippen molar-refractivity contribution in [2.24, 2.45) is 0 Å². The highest BCUT2D eigenvalue weighted by Crippen LogP contribution is 2.33. The van der Waals surface area contributed by atoms with Crippen LogP contribution in [0, 0.1) is 0 Å². The largest absolute Gasteiger partial charge is 0.431 e. The number of alkyl halides is 3. The molecule has 5 nitrogen and oxygen atoms in total. The molecule has 2 rings (SSSR count). The summed E-state index contributed by atoms with van der Waals surface area (Å²) in [5, 5.41) is 10.2. The van der Waals surface area contributed by atoms with Gasteiger partial charge in [-0.15, -0.1) is 6.58 Å². The third-order valence-corrected chi connectivity index (χ3v) is 4.65. The standard InChI is InChI=1S/C16H17F3N2O3S/c1-2-10-21-14(16(17,18)19)9-8-13(15(21)22)20-25(23,24)11-12-6-4-3-5-7-12/h2-9,15,20,22H,1,10-11H2. The first-order valence-electron chi connectivity index (χ1n) is 7.23. The molecule has 0 bridgehead atoms. The zero-order valence-electron chi connectivity index (χ0n) is 13.1. The molecule has 0 spiro atoms. The van der Waals surface area contributed by atoms with Gasteiger partial charge in [-0.25, -0.2) is 8.42 Å². The summed E-state index contributed by atoms with van der Waals surface area (Å²) in [6.07, 6.45) is -3.66. The molecule has 1 aromatic carbocycles. The minimum absolute atomic E-state index is 0.259. The number of nitrogens with zero attached hydrogens (tertiary/aromatic N) is 1. The molecule has 0 saturated heterocycles. The van der Waals surface area contributed by atoms with Gasteiger partial charge >= 0.3 is 6.18 Å². The Morgan fingerprint density at radius 2 is 1.88 bits per heavy atom. The summed E-state index contributed by atoms with van der Waals surface area (Å²) in [5.74, 6) is -0.366. The Bertz CT molecular complexity index is 787. The van der Waals surface area contributed by atoms with Gasteiger partial charge in [0.25, 0.3) is 0 Å². The van der Waals surface area contributed by atoms with Crippen LogP contribution in [0.5, 0.6) is 0 Å². The maximum atomic E-state index is 13.0. The van der Waals surface area contributed by atoms with Crippen LogP contribution >= 0.6 is 0 Å². The van der Waals surface area contributed by atoms with Crippen LogP contribution < -0.4 is 4.72 Å². The monoisotopic (exact) mass is 374 g/mol.